The maximum Gasteiger partial charge on any atom is 0.219 e. The standard InChI is InChI=1S/C17H19N7O/c1-12(25)23-7-6-16-15(9-23)17(21-22(16)2)20-13-4-3-5-14(8-13)24-11-18-10-19-24/h3-5,8,10-11H,6-7,9H2,1-2H3,(H,20,21). The average Bonchev–Trinajstić information content (AvgIpc) is 3.24. The third kappa shape index (κ3) is 2.86. The van der Waals surface area contributed by atoms with Crippen LogP contribution in [0.2, 0.25) is 0 Å². The minimum absolute atomic E-state index is 0.0913. The van der Waals surface area contributed by atoms with Gasteiger partial charge in [0.15, 0.2) is 5.82 Å². The third-order valence-electron chi connectivity index (χ3n) is 4.48. The van der Waals surface area contributed by atoms with Crippen molar-refractivity contribution in [1.29, 1.82) is 0 Å². The smallest absolute Gasteiger partial charge is 0.219 e. The summed E-state index contributed by atoms with van der Waals surface area (Å²) in [7, 11) is 1.94. The van der Waals surface area contributed by atoms with Crippen LogP contribution in [0.25, 0.3) is 5.69 Å². The van der Waals surface area contributed by atoms with Crippen molar-refractivity contribution in [3.8, 4) is 5.69 Å². The van der Waals surface area contributed by atoms with Crippen LogP contribution in [0.1, 0.15) is 18.2 Å². The summed E-state index contributed by atoms with van der Waals surface area (Å²) in [5.74, 6) is 0.882. The Morgan fingerprint density at radius 3 is 2.96 bits per heavy atom. The molecule has 0 fully saturated rings. The number of rotatable bonds is 3. The molecule has 0 aliphatic carbocycles. The SMILES string of the molecule is CC(=O)N1CCc2c(c(Nc3cccc(-n4cncn4)c3)nn2C)C1. The first-order valence-corrected chi connectivity index (χ1v) is 8.14. The van der Waals surface area contributed by atoms with Crippen LogP contribution in [0.5, 0.6) is 0 Å². The topological polar surface area (TPSA) is 80.9 Å². The Morgan fingerprint density at radius 2 is 2.20 bits per heavy atom. The first-order chi connectivity index (χ1) is 12.1. The maximum absolute atomic E-state index is 11.7. The van der Waals surface area contributed by atoms with Gasteiger partial charge in [-0.1, -0.05) is 6.07 Å². The lowest BCUT2D eigenvalue weighted by atomic mass is 10.1. The summed E-state index contributed by atoms with van der Waals surface area (Å²) >= 11 is 0. The number of nitrogens with one attached hydrogen (secondary N) is 1. The Labute approximate surface area is 145 Å². The average molecular weight is 337 g/mol. The van der Waals surface area contributed by atoms with Crippen molar-refractivity contribution in [2.75, 3.05) is 11.9 Å². The number of nitrogens with zero attached hydrogens (tertiary/aromatic N) is 6. The number of benzene rings is 1. The van der Waals surface area contributed by atoms with Crippen LogP contribution in [-0.4, -0.2) is 41.9 Å². The normalized spacial score (nSPS) is 13.6. The van der Waals surface area contributed by atoms with Gasteiger partial charge in [0.2, 0.25) is 5.91 Å². The molecule has 8 nitrogen and oxygen atoms in total. The number of anilines is 2. The summed E-state index contributed by atoms with van der Waals surface area (Å²) in [6, 6.07) is 7.89. The lowest BCUT2D eigenvalue weighted by Gasteiger charge is -2.26. The molecule has 25 heavy (non-hydrogen) atoms. The molecule has 0 radical (unpaired) electrons. The van der Waals surface area contributed by atoms with Gasteiger partial charge in [-0.15, -0.1) is 0 Å². The van der Waals surface area contributed by atoms with Crippen molar-refractivity contribution in [3.63, 3.8) is 0 Å². The summed E-state index contributed by atoms with van der Waals surface area (Å²) in [5, 5.41) is 12.1. The van der Waals surface area contributed by atoms with Crippen molar-refractivity contribution in [2.45, 2.75) is 19.9 Å². The second-order valence-corrected chi connectivity index (χ2v) is 6.10. The van der Waals surface area contributed by atoms with Gasteiger partial charge in [-0.25, -0.2) is 9.67 Å². The highest BCUT2D eigenvalue weighted by Gasteiger charge is 2.25. The van der Waals surface area contributed by atoms with E-state index < -0.39 is 0 Å². The molecule has 1 aromatic carbocycles. The van der Waals surface area contributed by atoms with Gasteiger partial charge in [0.05, 0.1) is 12.2 Å². The highest BCUT2D eigenvalue weighted by Crippen LogP contribution is 2.28. The number of carbonyl (C=O) groups excluding carboxylic acids is 1. The summed E-state index contributed by atoms with van der Waals surface area (Å²) in [6.45, 7) is 2.93. The van der Waals surface area contributed by atoms with Crippen LogP contribution in [0.3, 0.4) is 0 Å². The Morgan fingerprint density at radius 1 is 1.32 bits per heavy atom. The quantitative estimate of drug-likeness (QED) is 0.786. The van der Waals surface area contributed by atoms with Gasteiger partial charge in [0.25, 0.3) is 0 Å². The third-order valence-corrected chi connectivity index (χ3v) is 4.48. The van der Waals surface area contributed by atoms with E-state index in [4.69, 9.17) is 0 Å². The van der Waals surface area contributed by atoms with Crippen molar-refractivity contribution in [1.82, 2.24) is 29.4 Å². The zero-order valence-corrected chi connectivity index (χ0v) is 14.2. The largest absolute Gasteiger partial charge is 0.338 e. The van der Waals surface area contributed by atoms with E-state index in [0.29, 0.717) is 6.54 Å². The molecule has 1 aliphatic heterocycles. The summed E-state index contributed by atoms with van der Waals surface area (Å²) in [5.41, 5.74) is 4.08. The van der Waals surface area contributed by atoms with Crippen LogP contribution in [-0.2, 0) is 24.8 Å². The predicted octanol–water partition coefficient (Wildman–Crippen LogP) is 1.65. The van der Waals surface area contributed by atoms with Gasteiger partial charge in [0.1, 0.15) is 12.7 Å². The van der Waals surface area contributed by atoms with E-state index in [2.05, 4.69) is 20.5 Å². The van der Waals surface area contributed by atoms with E-state index in [-0.39, 0.29) is 5.91 Å². The van der Waals surface area contributed by atoms with Gasteiger partial charge < -0.3 is 10.2 Å². The Kier molecular flexibility index (Phi) is 3.72. The monoisotopic (exact) mass is 337 g/mol. The van der Waals surface area contributed by atoms with Crippen LogP contribution in [0.4, 0.5) is 11.5 Å². The number of fused-ring (bicyclic) bond motifs is 1. The number of hydrogen-bond donors (Lipinski definition) is 1. The van der Waals surface area contributed by atoms with Gasteiger partial charge in [-0.2, -0.15) is 10.2 Å². The Balaban J connectivity index is 1.64. The van der Waals surface area contributed by atoms with Crippen molar-refractivity contribution >= 4 is 17.4 Å². The predicted molar refractivity (Wildman–Crippen MR) is 92.6 cm³/mol. The summed E-state index contributed by atoms with van der Waals surface area (Å²) in [6.07, 6.45) is 3.98. The fourth-order valence-electron chi connectivity index (χ4n) is 3.17. The van der Waals surface area contributed by atoms with Crippen molar-refractivity contribution < 1.29 is 4.79 Å². The Hall–Kier alpha value is -3.16. The minimum atomic E-state index is 0.0913. The molecule has 0 spiro atoms. The van der Waals surface area contributed by atoms with E-state index in [1.807, 2.05) is 40.9 Å². The number of carbonyl (C=O) groups is 1. The fourth-order valence-corrected chi connectivity index (χ4v) is 3.17. The van der Waals surface area contributed by atoms with E-state index in [0.717, 1.165) is 35.7 Å². The summed E-state index contributed by atoms with van der Waals surface area (Å²) < 4.78 is 3.60. The van der Waals surface area contributed by atoms with Crippen LogP contribution >= 0.6 is 0 Å². The first kappa shape index (κ1) is 15.4. The summed E-state index contributed by atoms with van der Waals surface area (Å²) in [4.78, 5) is 17.5. The zero-order chi connectivity index (χ0) is 17.4. The molecule has 0 unspecified atom stereocenters. The maximum atomic E-state index is 11.7. The highest BCUT2D eigenvalue weighted by atomic mass is 16.2. The lowest BCUT2D eigenvalue weighted by molar-refractivity contribution is -0.129. The first-order valence-electron chi connectivity index (χ1n) is 8.14. The molecule has 0 bridgehead atoms. The fraction of sp³-hybridized carbons (Fsp3) is 0.294. The molecule has 1 aliphatic rings. The van der Waals surface area contributed by atoms with Gasteiger partial charge >= 0.3 is 0 Å². The number of amides is 1. The number of aryl methyl sites for hydroxylation is 1. The second kappa shape index (κ2) is 6.04. The van der Waals surface area contributed by atoms with Crippen LogP contribution < -0.4 is 5.32 Å². The van der Waals surface area contributed by atoms with Crippen molar-refractivity contribution in [3.05, 3.63) is 48.2 Å². The Bertz CT molecular complexity index is 913. The molecule has 0 saturated heterocycles. The van der Waals surface area contributed by atoms with E-state index >= 15 is 0 Å². The van der Waals surface area contributed by atoms with E-state index in [1.54, 1.807) is 17.9 Å². The molecule has 2 aromatic heterocycles. The van der Waals surface area contributed by atoms with Crippen LogP contribution in [0, 0.1) is 0 Å². The molecule has 1 amide bonds. The van der Waals surface area contributed by atoms with Crippen molar-refractivity contribution in [2.24, 2.45) is 7.05 Å². The molecule has 0 atom stereocenters. The number of hydrogen-bond acceptors (Lipinski definition) is 5. The molecule has 3 heterocycles. The molecule has 1 N–H and O–H groups in total. The van der Waals surface area contributed by atoms with E-state index in [9.17, 15) is 4.79 Å². The molecule has 4 rings (SSSR count). The van der Waals surface area contributed by atoms with E-state index in [1.165, 1.54) is 12.0 Å². The molecule has 8 heteroatoms. The highest BCUT2D eigenvalue weighted by molar-refractivity contribution is 5.74. The van der Waals surface area contributed by atoms with Gasteiger partial charge in [-0.3, -0.25) is 9.48 Å². The second-order valence-electron chi connectivity index (χ2n) is 6.10. The molecular formula is C17H19N7O. The number of aromatic nitrogens is 5. The van der Waals surface area contributed by atoms with Gasteiger partial charge in [0, 0.05) is 43.9 Å². The van der Waals surface area contributed by atoms with Gasteiger partial charge in [-0.05, 0) is 18.2 Å². The van der Waals surface area contributed by atoms with Crippen LogP contribution in [0.15, 0.2) is 36.9 Å². The molecule has 128 valence electrons. The minimum Gasteiger partial charge on any atom is -0.338 e. The molecular weight excluding hydrogens is 318 g/mol. The molecule has 0 saturated carbocycles. The lowest BCUT2D eigenvalue weighted by Crippen LogP contribution is -2.34. The molecule has 3 aromatic rings. The zero-order valence-electron chi connectivity index (χ0n) is 14.2.